The Morgan fingerprint density at radius 2 is 1.50 bits per heavy atom. The summed E-state index contributed by atoms with van der Waals surface area (Å²) in [6.07, 6.45) is 0. The van der Waals surface area contributed by atoms with E-state index in [1.807, 2.05) is 0 Å². The van der Waals surface area contributed by atoms with Gasteiger partial charge in [-0.25, -0.2) is 8.42 Å². The van der Waals surface area contributed by atoms with Crippen LogP contribution in [-0.4, -0.2) is 13.9 Å². The number of sulfone groups is 1. The van der Waals surface area contributed by atoms with Gasteiger partial charge in [-0.3, -0.25) is 0 Å². The molecule has 0 aliphatic carbocycles. The van der Waals surface area contributed by atoms with Gasteiger partial charge in [0.05, 0.1) is 4.90 Å². The summed E-state index contributed by atoms with van der Waals surface area (Å²) in [4.78, 5) is -0.958. The SMILES string of the molecule is Cc1c(Cl)cc(S(=O)(=O)C(F)(F)F)cc1Cl. The van der Waals surface area contributed by atoms with Crippen LogP contribution in [0.5, 0.6) is 0 Å². The summed E-state index contributed by atoms with van der Waals surface area (Å²) in [7, 11) is -5.41. The van der Waals surface area contributed by atoms with Gasteiger partial charge in [-0.2, -0.15) is 13.2 Å². The number of alkyl halides is 3. The smallest absolute Gasteiger partial charge is 0.214 e. The van der Waals surface area contributed by atoms with Gasteiger partial charge in [0.25, 0.3) is 9.84 Å². The molecule has 1 aromatic carbocycles. The first-order chi connectivity index (χ1) is 7.07. The second-order valence-corrected chi connectivity index (χ2v) is 5.72. The lowest BCUT2D eigenvalue weighted by atomic mass is 10.2. The molecule has 0 unspecified atom stereocenters. The fraction of sp³-hybridized carbons (Fsp3) is 0.250. The van der Waals surface area contributed by atoms with Crippen molar-refractivity contribution >= 4 is 33.0 Å². The van der Waals surface area contributed by atoms with E-state index in [4.69, 9.17) is 23.2 Å². The number of halogens is 5. The van der Waals surface area contributed by atoms with Crippen molar-refractivity contribution in [1.29, 1.82) is 0 Å². The van der Waals surface area contributed by atoms with Crippen molar-refractivity contribution in [1.82, 2.24) is 0 Å². The second kappa shape index (κ2) is 4.09. The molecule has 8 heteroatoms. The van der Waals surface area contributed by atoms with Crippen molar-refractivity contribution in [2.24, 2.45) is 0 Å². The summed E-state index contributed by atoms with van der Waals surface area (Å²) in [6.45, 7) is 1.47. The van der Waals surface area contributed by atoms with E-state index in [2.05, 4.69) is 0 Å². The summed E-state index contributed by atoms with van der Waals surface area (Å²) in [5, 5.41) is -0.259. The maximum atomic E-state index is 12.2. The molecule has 0 atom stereocenters. The van der Waals surface area contributed by atoms with Crippen molar-refractivity contribution in [3.8, 4) is 0 Å². The molecule has 0 spiro atoms. The normalized spacial score (nSPS) is 12.9. The molecule has 0 saturated carbocycles. The van der Waals surface area contributed by atoms with Gasteiger partial charge in [-0.1, -0.05) is 23.2 Å². The zero-order valence-electron chi connectivity index (χ0n) is 7.77. The Labute approximate surface area is 99.9 Å². The van der Waals surface area contributed by atoms with E-state index in [1.165, 1.54) is 6.92 Å². The lowest BCUT2D eigenvalue weighted by Gasteiger charge is -2.10. The Bertz CT molecular complexity index is 500. The molecule has 0 heterocycles. The zero-order valence-corrected chi connectivity index (χ0v) is 10.1. The molecule has 0 bridgehead atoms. The Hall–Kier alpha value is -0.460. The molecule has 2 nitrogen and oxygen atoms in total. The number of hydrogen-bond donors (Lipinski definition) is 0. The highest BCUT2D eigenvalue weighted by atomic mass is 35.5. The highest BCUT2D eigenvalue weighted by Gasteiger charge is 2.47. The lowest BCUT2D eigenvalue weighted by Crippen LogP contribution is -2.23. The Balaban J connectivity index is 3.49. The average Bonchev–Trinajstić information content (AvgIpc) is 2.11. The van der Waals surface area contributed by atoms with Gasteiger partial charge in [0.1, 0.15) is 0 Å². The van der Waals surface area contributed by atoms with Gasteiger partial charge in [0, 0.05) is 10.0 Å². The minimum absolute atomic E-state index is 0.129. The highest BCUT2D eigenvalue weighted by Crippen LogP contribution is 2.34. The Kier molecular flexibility index (Phi) is 3.47. The van der Waals surface area contributed by atoms with Crippen LogP contribution in [0.2, 0.25) is 10.0 Å². The van der Waals surface area contributed by atoms with Crippen molar-refractivity contribution in [2.45, 2.75) is 17.3 Å². The van der Waals surface area contributed by atoms with E-state index in [-0.39, 0.29) is 10.0 Å². The summed E-state index contributed by atoms with van der Waals surface area (Å²) >= 11 is 11.1. The van der Waals surface area contributed by atoms with Gasteiger partial charge in [0.15, 0.2) is 0 Å². The molecule has 0 N–H and O–H groups in total. The van der Waals surface area contributed by atoms with Crippen LogP contribution in [0.25, 0.3) is 0 Å². The first kappa shape index (κ1) is 13.6. The fourth-order valence-corrected chi connectivity index (χ4v) is 2.34. The van der Waals surface area contributed by atoms with Gasteiger partial charge in [0.2, 0.25) is 0 Å². The highest BCUT2D eigenvalue weighted by molar-refractivity contribution is 7.92. The molecule has 0 amide bonds. The van der Waals surface area contributed by atoms with Gasteiger partial charge >= 0.3 is 5.51 Å². The molecule has 0 radical (unpaired) electrons. The number of hydrogen-bond acceptors (Lipinski definition) is 2. The third-order valence-electron chi connectivity index (χ3n) is 1.87. The lowest BCUT2D eigenvalue weighted by molar-refractivity contribution is -0.0436. The summed E-state index contributed by atoms with van der Waals surface area (Å²) in [5.74, 6) is 0. The maximum Gasteiger partial charge on any atom is 0.501 e. The minimum atomic E-state index is -5.41. The van der Waals surface area contributed by atoms with Gasteiger partial charge in [-0.05, 0) is 24.6 Å². The van der Waals surface area contributed by atoms with Crippen molar-refractivity contribution in [3.05, 3.63) is 27.7 Å². The Morgan fingerprint density at radius 1 is 1.12 bits per heavy atom. The van der Waals surface area contributed by atoms with Crippen LogP contribution in [0.1, 0.15) is 5.56 Å². The van der Waals surface area contributed by atoms with Crippen LogP contribution in [-0.2, 0) is 9.84 Å². The van der Waals surface area contributed by atoms with Crippen LogP contribution < -0.4 is 0 Å². The predicted molar refractivity (Wildman–Crippen MR) is 54.4 cm³/mol. The minimum Gasteiger partial charge on any atom is -0.214 e. The standard InChI is InChI=1S/C8H5Cl2F3O2S/c1-4-6(9)2-5(3-7(4)10)16(14,15)8(11,12)13/h2-3H,1H3. The predicted octanol–water partition coefficient (Wildman–Crippen LogP) is 3.60. The third-order valence-corrected chi connectivity index (χ3v) is 4.12. The molecule has 0 fully saturated rings. The molecular weight excluding hydrogens is 288 g/mol. The molecule has 16 heavy (non-hydrogen) atoms. The second-order valence-electron chi connectivity index (χ2n) is 2.96. The van der Waals surface area contributed by atoms with E-state index in [9.17, 15) is 21.6 Å². The molecule has 0 aliphatic heterocycles. The van der Waals surface area contributed by atoms with E-state index >= 15 is 0 Å². The van der Waals surface area contributed by atoms with Gasteiger partial charge in [-0.15, -0.1) is 0 Å². The first-order valence-corrected chi connectivity index (χ1v) is 6.08. The Morgan fingerprint density at radius 3 is 1.81 bits per heavy atom. The van der Waals surface area contributed by atoms with Crippen LogP contribution in [0.4, 0.5) is 13.2 Å². The summed E-state index contributed by atoms with van der Waals surface area (Å²) in [6, 6.07) is 1.46. The molecule has 0 aliphatic rings. The molecule has 90 valence electrons. The van der Waals surface area contributed by atoms with E-state index in [0.29, 0.717) is 5.56 Å². The largest absolute Gasteiger partial charge is 0.501 e. The molecule has 0 aromatic heterocycles. The number of rotatable bonds is 1. The van der Waals surface area contributed by atoms with Crippen LogP contribution in [0, 0.1) is 6.92 Å². The third kappa shape index (κ3) is 2.28. The fourth-order valence-electron chi connectivity index (χ4n) is 0.911. The zero-order chi connectivity index (χ0) is 12.7. The molecule has 1 aromatic rings. The van der Waals surface area contributed by atoms with E-state index in [0.717, 1.165) is 12.1 Å². The van der Waals surface area contributed by atoms with E-state index in [1.54, 1.807) is 0 Å². The molecule has 1 rings (SSSR count). The van der Waals surface area contributed by atoms with E-state index < -0.39 is 20.2 Å². The summed E-state index contributed by atoms with van der Waals surface area (Å²) < 4.78 is 58.7. The maximum absolute atomic E-state index is 12.2. The number of benzene rings is 1. The van der Waals surface area contributed by atoms with Crippen molar-refractivity contribution < 1.29 is 21.6 Å². The summed E-state index contributed by atoms with van der Waals surface area (Å²) in [5.41, 5.74) is -5.04. The van der Waals surface area contributed by atoms with Gasteiger partial charge < -0.3 is 0 Å². The molecule has 0 saturated heterocycles. The van der Waals surface area contributed by atoms with Crippen molar-refractivity contribution in [3.63, 3.8) is 0 Å². The average molecular weight is 293 g/mol. The first-order valence-electron chi connectivity index (χ1n) is 3.84. The quantitative estimate of drug-likeness (QED) is 0.793. The topological polar surface area (TPSA) is 34.1 Å². The van der Waals surface area contributed by atoms with Crippen LogP contribution in [0.3, 0.4) is 0 Å². The van der Waals surface area contributed by atoms with Crippen LogP contribution >= 0.6 is 23.2 Å². The molecular formula is C8H5Cl2F3O2S. The van der Waals surface area contributed by atoms with Crippen LogP contribution in [0.15, 0.2) is 17.0 Å². The monoisotopic (exact) mass is 292 g/mol. The van der Waals surface area contributed by atoms with Crippen molar-refractivity contribution in [2.75, 3.05) is 0 Å².